The van der Waals surface area contributed by atoms with Crippen LogP contribution in [-0.2, 0) is 10.3 Å². The lowest BCUT2D eigenvalue weighted by atomic mass is 9.85. The number of nitrogens with two attached hydrogens (primary N) is 1. The Labute approximate surface area is 123 Å². The molecule has 1 aliphatic carbocycles. The maximum absolute atomic E-state index is 12.1. The SMILES string of the molecule is CCC(NC1CCCC1)(C(N)=O)c1cccc(Br)c1. The minimum absolute atomic E-state index is 0.292. The van der Waals surface area contributed by atoms with Gasteiger partial charge in [0.05, 0.1) is 0 Å². The van der Waals surface area contributed by atoms with Crippen molar-refractivity contribution in [2.45, 2.75) is 50.6 Å². The van der Waals surface area contributed by atoms with Gasteiger partial charge in [0.25, 0.3) is 0 Å². The third kappa shape index (κ3) is 3.00. The Kier molecular flexibility index (Phi) is 4.63. The number of hydrogen-bond donors (Lipinski definition) is 2. The summed E-state index contributed by atoms with van der Waals surface area (Å²) in [6, 6.07) is 8.26. The number of hydrogen-bond acceptors (Lipinski definition) is 2. The molecule has 3 nitrogen and oxygen atoms in total. The van der Waals surface area contributed by atoms with Gasteiger partial charge in [-0.15, -0.1) is 0 Å². The van der Waals surface area contributed by atoms with E-state index in [1.807, 2.05) is 31.2 Å². The van der Waals surface area contributed by atoms with Crippen LogP contribution in [0.1, 0.15) is 44.6 Å². The first kappa shape index (κ1) is 14.5. The second kappa shape index (κ2) is 6.06. The van der Waals surface area contributed by atoms with Gasteiger partial charge in [-0.05, 0) is 37.0 Å². The van der Waals surface area contributed by atoms with Gasteiger partial charge in [0, 0.05) is 10.5 Å². The maximum Gasteiger partial charge on any atom is 0.242 e. The quantitative estimate of drug-likeness (QED) is 0.874. The lowest BCUT2D eigenvalue weighted by molar-refractivity contribution is -0.125. The maximum atomic E-state index is 12.1. The average Bonchev–Trinajstić information content (AvgIpc) is 2.88. The Morgan fingerprint density at radius 3 is 2.68 bits per heavy atom. The lowest BCUT2D eigenvalue weighted by Gasteiger charge is -2.34. The normalized spacial score (nSPS) is 19.3. The van der Waals surface area contributed by atoms with E-state index >= 15 is 0 Å². The summed E-state index contributed by atoms with van der Waals surface area (Å²) in [5.41, 5.74) is 5.92. The van der Waals surface area contributed by atoms with Crippen molar-refractivity contribution in [1.29, 1.82) is 0 Å². The van der Waals surface area contributed by atoms with Crippen LogP contribution in [0.4, 0.5) is 0 Å². The van der Waals surface area contributed by atoms with Crippen LogP contribution in [0.2, 0.25) is 0 Å². The highest BCUT2D eigenvalue weighted by Gasteiger charge is 2.39. The third-order valence-corrected chi connectivity index (χ3v) is 4.57. The van der Waals surface area contributed by atoms with Crippen molar-refractivity contribution in [3.8, 4) is 0 Å². The first-order valence-electron chi connectivity index (χ1n) is 6.92. The summed E-state index contributed by atoms with van der Waals surface area (Å²) in [6.45, 7) is 2.01. The summed E-state index contributed by atoms with van der Waals surface area (Å²) in [4.78, 5) is 12.1. The predicted octanol–water partition coefficient (Wildman–Crippen LogP) is 3.07. The summed E-state index contributed by atoms with van der Waals surface area (Å²) in [5.74, 6) is -0.292. The summed E-state index contributed by atoms with van der Waals surface area (Å²) >= 11 is 3.47. The van der Waals surface area contributed by atoms with Crippen LogP contribution in [0.3, 0.4) is 0 Å². The third-order valence-electron chi connectivity index (χ3n) is 4.07. The van der Waals surface area contributed by atoms with Gasteiger partial charge < -0.3 is 5.73 Å². The van der Waals surface area contributed by atoms with Gasteiger partial charge in [-0.3, -0.25) is 10.1 Å². The summed E-state index contributed by atoms with van der Waals surface area (Å²) < 4.78 is 0.970. The van der Waals surface area contributed by atoms with E-state index in [2.05, 4.69) is 21.2 Å². The molecule has 104 valence electrons. The molecule has 1 amide bonds. The molecule has 1 aliphatic rings. The first-order chi connectivity index (χ1) is 9.08. The second-order valence-electron chi connectivity index (χ2n) is 5.26. The van der Waals surface area contributed by atoms with Crippen molar-refractivity contribution in [2.75, 3.05) is 0 Å². The van der Waals surface area contributed by atoms with Crippen molar-refractivity contribution >= 4 is 21.8 Å². The number of benzene rings is 1. The Morgan fingerprint density at radius 2 is 2.16 bits per heavy atom. The van der Waals surface area contributed by atoms with Gasteiger partial charge in [-0.1, -0.05) is 47.8 Å². The smallest absolute Gasteiger partial charge is 0.242 e. The standard InChI is InChI=1S/C15H21BrN2O/c1-2-15(14(17)19,18-13-8-3-4-9-13)11-6-5-7-12(16)10-11/h5-7,10,13,18H,2-4,8-9H2,1H3,(H2,17,19). The highest BCUT2D eigenvalue weighted by atomic mass is 79.9. The second-order valence-corrected chi connectivity index (χ2v) is 6.17. The Morgan fingerprint density at radius 1 is 1.47 bits per heavy atom. The minimum Gasteiger partial charge on any atom is -0.368 e. The molecule has 4 heteroatoms. The molecule has 1 fully saturated rings. The number of carbonyl (C=O) groups excluding carboxylic acids is 1. The largest absolute Gasteiger partial charge is 0.368 e. The van der Waals surface area contributed by atoms with Crippen LogP contribution >= 0.6 is 15.9 Å². The minimum atomic E-state index is -0.751. The molecule has 0 saturated heterocycles. The molecule has 1 aromatic rings. The Balaban J connectivity index is 2.35. The topological polar surface area (TPSA) is 55.1 Å². The molecule has 2 rings (SSSR count). The van der Waals surface area contributed by atoms with Gasteiger partial charge >= 0.3 is 0 Å². The average molecular weight is 325 g/mol. The number of rotatable bonds is 5. The fourth-order valence-electron chi connectivity index (χ4n) is 2.95. The van der Waals surface area contributed by atoms with Crippen LogP contribution in [0.5, 0.6) is 0 Å². The van der Waals surface area contributed by atoms with E-state index in [-0.39, 0.29) is 5.91 Å². The van der Waals surface area contributed by atoms with E-state index in [1.165, 1.54) is 12.8 Å². The Hall–Kier alpha value is -0.870. The summed E-state index contributed by atoms with van der Waals surface area (Å²) in [7, 11) is 0. The van der Waals surface area contributed by atoms with Crippen molar-refractivity contribution in [2.24, 2.45) is 5.73 Å². The van der Waals surface area contributed by atoms with Crippen LogP contribution in [-0.4, -0.2) is 11.9 Å². The number of halogens is 1. The molecule has 19 heavy (non-hydrogen) atoms. The monoisotopic (exact) mass is 324 g/mol. The van der Waals surface area contributed by atoms with Crippen LogP contribution < -0.4 is 11.1 Å². The molecule has 0 spiro atoms. The zero-order valence-corrected chi connectivity index (χ0v) is 12.9. The molecule has 0 heterocycles. The van der Waals surface area contributed by atoms with Gasteiger partial charge in [-0.25, -0.2) is 0 Å². The zero-order chi connectivity index (χ0) is 13.9. The zero-order valence-electron chi connectivity index (χ0n) is 11.3. The van der Waals surface area contributed by atoms with Crippen molar-refractivity contribution in [3.63, 3.8) is 0 Å². The van der Waals surface area contributed by atoms with E-state index in [9.17, 15) is 4.79 Å². The van der Waals surface area contributed by atoms with Crippen LogP contribution in [0, 0.1) is 0 Å². The molecule has 3 N–H and O–H groups in total. The van der Waals surface area contributed by atoms with E-state index in [1.54, 1.807) is 0 Å². The predicted molar refractivity (Wildman–Crippen MR) is 80.7 cm³/mol. The molecule has 0 radical (unpaired) electrons. The van der Waals surface area contributed by atoms with Crippen LogP contribution in [0.25, 0.3) is 0 Å². The molecular formula is C15H21BrN2O. The molecule has 1 atom stereocenters. The molecule has 1 unspecified atom stereocenters. The molecular weight excluding hydrogens is 304 g/mol. The molecule has 0 bridgehead atoms. The first-order valence-corrected chi connectivity index (χ1v) is 7.71. The van der Waals surface area contributed by atoms with Crippen molar-refractivity contribution < 1.29 is 4.79 Å². The Bertz CT molecular complexity index is 457. The lowest BCUT2D eigenvalue weighted by Crippen LogP contribution is -2.55. The van der Waals surface area contributed by atoms with E-state index in [0.29, 0.717) is 12.5 Å². The van der Waals surface area contributed by atoms with Gasteiger partial charge in [0.1, 0.15) is 5.54 Å². The highest BCUT2D eigenvalue weighted by molar-refractivity contribution is 9.10. The molecule has 1 saturated carbocycles. The van der Waals surface area contributed by atoms with Gasteiger partial charge in [0.15, 0.2) is 0 Å². The fraction of sp³-hybridized carbons (Fsp3) is 0.533. The number of primary amides is 1. The van der Waals surface area contributed by atoms with Crippen molar-refractivity contribution in [1.82, 2.24) is 5.32 Å². The van der Waals surface area contributed by atoms with E-state index < -0.39 is 5.54 Å². The number of nitrogens with one attached hydrogen (secondary N) is 1. The molecule has 1 aromatic carbocycles. The van der Waals surface area contributed by atoms with Gasteiger partial charge in [0.2, 0.25) is 5.91 Å². The fourth-order valence-corrected chi connectivity index (χ4v) is 3.35. The number of amides is 1. The van der Waals surface area contributed by atoms with Gasteiger partial charge in [-0.2, -0.15) is 0 Å². The van der Waals surface area contributed by atoms with Crippen molar-refractivity contribution in [3.05, 3.63) is 34.3 Å². The van der Waals surface area contributed by atoms with E-state index in [4.69, 9.17) is 5.73 Å². The molecule has 0 aliphatic heterocycles. The number of carbonyl (C=O) groups is 1. The van der Waals surface area contributed by atoms with E-state index in [0.717, 1.165) is 22.9 Å². The highest BCUT2D eigenvalue weighted by Crippen LogP contribution is 2.30. The summed E-state index contributed by atoms with van der Waals surface area (Å²) in [6.07, 6.45) is 5.38. The van der Waals surface area contributed by atoms with Crippen LogP contribution in [0.15, 0.2) is 28.7 Å². The summed E-state index contributed by atoms with van der Waals surface area (Å²) in [5, 5.41) is 3.53. The molecule has 0 aromatic heterocycles.